The lowest BCUT2D eigenvalue weighted by Gasteiger charge is -2.42. The Balaban J connectivity index is 1.99. The van der Waals surface area contributed by atoms with Gasteiger partial charge >= 0.3 is 6.09 Å². The maximum atomic E-state index is 13.9. The predicted molar refractivity (Wildman–Crippen MR) is 149 cm³/mol. The monoisotopic (exact) mass is 519 g/mol. The molecular weight excluding hydrogens is 482 g/mol. The quantitative estimate of drug-likeness (QED) is 0.383. The summed E-state index contributed by atoms with van der Waals surface area (Å²) < 4.78 is 5.31. The maximum absolute atomic E-state index is 13.9. The van der Waals surface area contributed by atoms with Crippen molar-refractivity contribution in [3.05, 3.63) is 72.3 Å². The van der Waals surface area contributed by atoms with Crippen LogP contribution in [-0.4, -0.2) is 45.1 Å². The van der Waals surface area contributed by atoms with Gasteiger partial charge in [-0.1, -0.05) is 42.5 Å². The van der Waals surface area contributed by atoms with E-state index in [9.17, 15) is 19.5 Å². The van der Waals surface area contributed by atoms with Crippen LogP contribution in [0.1, 0.15) is 60.1 Å². The second-order valence-electron chi connectivity index (χ2n) is 11.3. The third kappa shape index (κ3) is 7.25. The van der Waals surface area contributed by atoms with E-state index < -0.39 is 41.1 Å². The largest absolute Gasteiger partial charge is 0.508 e. The molecule has 3 amide bonds. The van der Waals surface area contributed by atoms with Crippen LogP contribution >= 0.6 is 0 Å². The summed E-state index contributed by atoms with van der Waals surface area (Å²) in [7, 11) is 0. The van der Waals surface area contributed by atoms with Gasteiger partial charge in [0.15, 0.2) is 0 Å². The molecule has 3 aromatic carbocycles. The number of carbonyl (C=O) groups is 3. The summed E-state index contributed by atoms with van der Waals surface area (Å²) >= 11 is 0. The number of nitrogens with one attached hydrogen (secondary N) is 2. The van der Waals surface area contributed by atoms with Crippen LogP contribution in [-0.2, 0) is 14.3 Å². The van der Waals surface area contributed by atoms with E-state index >= 15 is 0 Å². The minimum Gasteiger partial charge on any atom is -0.508 e. The van der Waals surface area contributed by atoms with Crippen molar-refractivity contribution in [2.45, 2.75) is 71.7 Å². The minimum atomic E-state index is -1.11. The zero-order chi connectivity index (χ0) is 28.3. The highest BCUT2D eigenvalue weighted by molar-refractivity contribution is 6.00. The van der Waals surface area contributed by atoms with E-state index in [-0.39, 0.29) is 5.75 Å². The van der Waals surface area contributed by atoms with Gasteiger partial charge in [0.25, 0.3) is 5.91 Å². The minimum absolute atomic E-state index is 0.0350. The van der Waals surface area contributed by atoms with Gasteiger partial charge < -0.3 is 25.4 Å². The van der Waals surface area contributed by atoms with Crippen molar-refractivity contribution in [1.82, 2.24) is 10.2 Å². The first-order chi connectivity index (χ1) is 17.7. The van der Waals surface area contributed by atoms with E-state index in [2.05, 4.69) is 10.6 Å². The molecule has 0 aliphatic carbocycles. The van der Waals surface area contributed by atoms with E-state index in [1.165, 1.54) is 17.0 Å². The molecule has 0 spiro atoms. The van der Waals surface area contributed by atoms with Gasteiger partial charge in [0, 0.05) is 11.2 Å². The highest BCUT2D eigenvalue weighted by Gasteiger charge is 2.41. The van der Waals surface area contributed by atoms with Crippen molar-refractivity contribution >= 4 is 34.4 Å². The van der Waals surface area contributed by atoms with Crippen LogP contribution in [0.2, 0.25) is 0 Å². The topological polar surface area (TPSA) is 108 Å². The van der Waals surface area contributed by atoms with Crippen molar-refractivity contribution in [3.8, 4) is 5.75 Å². The van der Waals surface area contributed by atoms with E-state index in [1.807, 2.05) is 57.2 Å². The number of hydrogen-bond donors (Lipinski definition) is 3. The van der Waals surface area contributed by atoms with Crippen molar-refractivity contribution in [2.75, 3.05) is 5.32 Å². The second kappa shape index (κ2) is 11.1. The lowest BCUT2D eigenvalue weighted by Crippen LogP contribution is -2.57. The van der Waals surface area contributed by atoms with Gasteiger partial charge in [0.2, 0.25) is 5.91 Å². The zero-order valence-corrected chi connectivity index (χ0v) is 23.0. The van der Waals surface area contributed by atoms with Gasteiger partial charge in [-0.2, -0.15) is 0 Å². The molecule has 0 fully saturated rings. The van der Waals surface area contributed by atoms with Gasteiger partial charge in [0.05, 0.1) is 0 Å². The molecule has 3 N–H and O–H groups in total. The maximum Gasteiger partial charge on any atom is 0.408 e. The number of carbonyl (C=O) groups excluding carboxylic acids is 3. The van der Waals surface area contributed by atoms with Gasteiger partial charge in [-0.15, -0.1) is 0 Å². The molecule has 0 aliphatic heterocycles. The number of rotatable bonds is 6. The Labute approximate surface area is 224 Å². The molecule has 0 radical (unpaired) electrons. The van der Waals surface area contributed by atoms with E-state index in [4.69, 9.17) is 4.74 Å². The van der Waals surface area contributed by atoms with Gasteiger partial charge in [-0.25, -0.2) is 4.79 Å². The van der Waals surface area contributed by atoms with Gasteiger partial charge in [-0.05, 0) is 89.1 Å². The number of nitrogens with zero attached hydrogens (tertiary/aromatic N) is 1. The fourth-order valence-corrected chi connectivity index (χ4v) is 4.19. The third-order valence-corrected chi connectivity index (χ3v) is 5.77. The summed E-state index contributed by atoms with van der Waals surface area (Å²) in [6, 6.07) is 17.5. The van der Waals surface area contributed by atoms with Crippen LogP contribution in [0.4, 0.5) is 10.5 Å². The van der Waals surface area contributed by atoms with Crippen molar-refractivity contribution in [2.24, 2.45) is 0 Å². The average molecular weight is 520 g/mol. The molecule has 0 saturated carbocycles. The van der Waals surface area contributed by atoms with E-state index in [0.717, 1.165) is 10.8 Å². The van der Waals surface area contributed by atoms with Crippen LogP contribution in [0.15, 0.2) is 66.7 Å². The predicted octanol–water partition coefficient (Wildman–Crippen LogP) is 5.77. The number of hydrogen-bond acceptors (Lipinski definition) is 5. The molecule has 0 bridgehead atoms. The van der Waals surface area contributed by atoms with Crippen LogP contribution in [0, 0.1) is 0 Å². The highest BCUT2D eigenvalue weighted by Crippen LogP contribution is 2.32. The summed E-state index contributed by atoms with van der Waals surface area (Å²) in [6.07, 6.45) is -0.735. The molecule has 3 aromatic rings. The molecule has 2 atom stereocenters. The molecule has 8 heteroatoms. The Hall–Kier alpha value is -4.07. The number of fused-ring (bicyclic) bond motifs is 1. The summed E-state index contributed by atoms with van der Waals surface area (Å²) in [6.45, 7) is 12.2. The summed E-state index contributed by atoms with van der Waals surface area (Å²) in [5.74, 6) is -0.976. The van der Waals surface area contributed by atoms with E-state index in [0.29, 0.717) is 11.3 Å². The van der Waals surface area contributed by atoms with Crippen molar-refractivity contribution < 1.29 is 24.2 Å². The lowest BCUT2D eigenvalue weighted by molar-refractivity contribution is -0.146. The molecule has 0 saturated heterocycles. The fourth-order valence-electron chi connectivity index (χ4n) is 4.19. The molecule has 8 nitrogen and oxygen atoms in total. The molecule has 2 unspecified atom stereocenters. The number of phenolic OH excluding ortho intramolecular Hbond substituents is 1. The van der Waals surface area contributed by atoms with Gasteiger partial charge in [-0.3, -0.25) is 9.59 Å². The molecular formula is C30H37N3O5. The Kier molecular flexibility index (Phi) is 8.35. The first kappa shape index (κ1) is 28.5. The van der Waals surface area contributed by atoms with Crippen molar-refractivity contribution in [1.29, 1.82) is 0 Å². The Morgan fingerprint density at radius 3 is 2.13 bits per heavy atom. The molecule has 0 heterocycles. The fraction of sp³-hybridized carbons (Fsp3) is 0.367. The summed E-state index contributed by atoms with van der Waals surface area (Å²) in [5, 5.41) is 17.7. The van der Waals surface area contributed by atoms with Crippen LogP contribution in [0.3, 0.4) is 0 Å². The molecule has 0 aliphatic rings. The van der Waals surface area contributed by atoms with Crippen LogP contribution in [0.5, 0.6) is 5.75 Å². The molecule has 0 aromatic heterocycles. The summed E-state index contributed by atoms with van der Waals surface area (Å²) in [5.41, 5.74) is -0.575. The Bertz CT molecular complexity index is 1320. The lowest BCUT2D eigenvalue weighted by atomic mass is 9.95. The normalized spacial score (nSPS) is 13.3. The summed E-state index contributed by atoms with van der Waals surface area (Å²) in [4.78, 5) is 41.5. The van der Waals surface area contributed by atoms with Crippen LogP contribution in [0.25, 0.3) is 10.8 Å². The zero-order valence-electron chi connectivity index (χ0n) is 23.0. The van der Waals surface area contributed by atoms with Crippen molar-refractivity contribution in [3.63, 3.8) is 0 Å². The average Bonchev–Trinajstić information content (AvgIpc) is 2.79. The SMILES string of the molecule is CC(NC(=O)OC(C)(C)C)C(=O)N(C(C(=O)Nc1ccc2ccccc2c1)c1cccc(O)c1)C(C)(C)C. The Morgan fingerprint density at radius 1 is 0.868 bits per heavy atom. The number of benzene rings is 3. The smallest absolute Gasteiger partial charge is 0.408 e. The van der Waals surface area contributed by atoms with Gasteiger partial charge in [0.1, 0.15) is 23.4 Å². The number of alkyl carbamates (subject to hydrolysis) is 1. The number of amides is 3. The molecule has 202 valence electrons. The first-order valence-corrected chi connectivity index (χ1v) is 12.6. The molecule has 38 heavy (non-hydrogen) atoms. The number of aromatic hydroxyl groups is 1. The highest BCUT2D eigenvalue weighted by atomic mass is 16.6. The van der Waals surface area contributed by atoms with E-state index in [1.54, 1.807) is 45.9 Å². The Morgan fingerprint density at radius 2 is 1.53 bits per heavy atom. The second-order valence-corrected chi connectivity index (χ2v) is 11.3. The number of phenols is 1. The first-order valence-electron chi connectivity index (χ1n) is 12.6. The standard InChI is InChI=1S/C30H37N3O5/c1-19(31-28(37)38-30(5,6)7)27(36)33(29(2,3)4)25(22-13-10-14-24(34)18-22)26(35)32-23-16-15-20-11-8-9-12-21(20)17-23/h8-19,25,34H,1-7H3,(H,31,37)(H,32,35). The molecule has 3 rings (SSSR count). The number of ether oxygens (including phenoxy) is 1. The number of anilines is 1. The third-order valence-electron chi connectivity index (χ3n) is 5.77. The van der Waals surface area contributed by atoms with Crippen LogP contribution < -0.4 is 10.6 Å².